The van der Waals surface area contributed by atoms with Gasteiger partial charge >= 0.3 is 13.1 Å². The van der Waals surface area contributed by atoms with E-state index in [4.69, 9.17) is 14.0 Å². The van der Waals surface area contributed by atoms with Crippen molar-refractivity contribution in [3.8, 4) is 0 Å². The van der Waals surface area contributed by atoms with Crippen LogP contribution in [0.25, 0.3) is 0 Å². The molecule has 120 valence electrons. The van der Waals surface area contributed by atoms with E-state index >= 15 is 0 Å². The summed E-state index contributed by atoms with van der Waals surface area (Å²) in [6, 6.07) is 8.97. The number of ether oxygens (including phenoxy) is 1. The Kier molecular flexibility index (Phi) is 4.42. The van der Waals surface area contributed by atoms with Crippen molar-refractivity contribution in [1.29, 1.82) is 0 Å². The summed E-state index contributed by atoms with van der Waals surface area (Å²) in [7, 11) is -0.588. The summed E-state index contributed by atoms with van der Waals surface area (Å²) in [4.78, 5) is 12.4. The molecule has 0 spiro atoms. The lowest BCUT2D eigenvalue weighted by molar-refractivity contribution is 0.00574. The van der Waals surface area contributed by atoms with E-state index in [1.165, 1.54) is 0 Å². The van der Waals surface area contributed by atoms with Crippen molar-refractivity contribution >= 4 is 13.1 Å². The zero-order chi connectivity index (χ0) is 16.6. The smallest absolute Gasteiger partial charge is 0.458 e. The lowest BCUT2D eigenvalue weighted by atomic mass is 9.66. The van der Waals surface area contributed by atoms with Crippen LogP contribution < -0.4 is 0 Å². The van der Waals surface area contributed by atoms with Gasteiger partial charge in [0.25, 0.3) is 0 Å². The molecule has 1 unspecified atom stereocenters. The van der Waals surface area contributed by atoms with Gasteiger partial charge in [-0.2, -0.15) is 0 Å². The number of carbonyl (C=O) groups excluding carboxylic acids is 1. The fourth-order valence-electron chi connectivity index (χ4n) is 2.22. The van der Waals surface area contributed by atoms with E-state index in [9.17, 15) is 4.79 Å². The summed E-state index contributed by atoms with van der Waals surface area (Å²) in [6.45, 7) is 11.8. The molecule has 22 heavy (non-hydrogen) atoms. The summed E-state index contributed by atoms with van der Waals surface area (Å²) in [5.74, 6) is -0.361. The zero-order valence-electron chi connectivity index (χ0n) is 14.3. The summed E-state index contributed by atoms with van der Waals surface area (Å²) in [6.07, 6.45) is 0.600. The van der Waals surface area contributed by atoms with Gasteiger partial charge in [-0.05, 0) is 53.2 Å². The first-order valence-electron chi connectivity index (χ1n) is 7.75. The summed E-state index contributed by atoms with van der Waals surface area (Å²) in [5, 5.41) is 0. The first kappa shape index (κ1) is 17.0. The number of hydrogen-bond donors (Lipinski definition) is 0. The third kappa shape index (κ3) is 3.06. The number of hydrogen-bond acceptors (Lipinski definition) is 4. The van der Waals surface area contributed by atoms with E-state index in [-0.39, 0.29) is 5.97 Å². The van der Waals surface area contributed by atoms with Gasteiger partial charge in [0, 0.05) is 0 Å². The standard InChI is InChI=1S/C17H25BO4/c1-7-17(6,18-21-15(2,3)16(4,5)22-18)20-14(19)13-11-9-8-10-12-13/h8-12H,7H2,1-6H3. The van der Waals surface area contributed by atoms with E-state index < -0.39 is 23.8 Å². The van der Waals surface area contributed by atoms with Gasteiger partial charge in [-0.3, -0.25) is 0 Å². The van der Waals surface area contributed by atoms with E-state index in [0.29, 0.717) is 12.0 Å². The molecule has 0 saturated carbocycles. The minimum absolute atomic E-state index is 0.361. The molecule has 1 saturated heterocycles. The molecule has 0 aromatic heterocycles. The van der Waals surface area contributed by atoms with Gasteiger partial charge in [-0.1, -0.05) is 25.1 Å². The van der Waals surface area contributed by atoms with Crippen LogP contribution in [-0.4, -0.2) is 29.8 Å². The predicted octanol–water partition coefficient (Wildman–Crippen LogP) is 3.64. The van der Waals surface area contributed by atoms with Crippen molar-refractivity contribution < 1.29 is 18.8 Å². The molecule has 1 aliphatic heterocycles. The maximum Gasteiger partial charge on any atom is 0.504 e. The minimum Gasteiger partial charge on any atom is -0.458 e. The highest BCUT2D eigenvalue weighted by molar-refractivity contribution is 6.49. The van der Waals surface area contributed by atoms with Crippen molar-refractivity contribution in [3.63, 3.8) is 0 Å². The maximum atomic E-state index is 12.4. The number of esters is 1. The van der Waals surface area contributed by atoms with Gasteiger partial charge in [0.15, 0.2) is 0 Å². The summed E-state index contributed by atoms with van der Waals surface area (Å²) < 4.78 is 17.9. The normalized spacial score (nSPS) is 22.2. The highest BCUT2D eigenvalue weighted by Crippen LogP contribution is 2.41. The van der Waals surface area contributed by atoms with Crippen LogP contribution in [0, 0.1) is 0 Å². The van der Waals surface area contributed by atoms with Crippen molar-refractivity contribution in [3.05, 3.63) is 35.9 Å². The molecule has 0 bridgehead atoms. The Balaban J connectivity index is 2.18. The second-order valence-electron chi connectivity index (χ2n) is 7.01. The molecule has 0 aliphatic carbocycles. The molecule has 4 nitrogen and oxygen atoms in total. The monoisotopic (exact) mass is 304 g/mol. The van der Waals surface area contributed by atoms with Crippen molar-refractivity contribution in [2.24, 2.45) is 0 Å². The molecule has 0 amide bonds. The van der Waals surface area contributed by atoms with E-state index in [1.54, 1.807) is 12.1 Å². The quantitative estimate of drug-likeness (QED) is 0.629. The first-order valence-corrected chi connectivity index (χ1v) is 7.75. The molecule has 1 atom stereocenters. The third-order valence-corrected chi connectivity index (χ3v) is 4.79. The molecule has 5 heteroatoms. The van der Waals surface area contributed by atoms with Crippen molar-refractivity contribution in [2.45, 2.75) is 64.7 Å². The van der Waals surface area contributed by atoms with Crippen LogP contribution in [0.4, 0.5) is 0 Å². The fraction of sp³-hybridized carbons (Fsp3) is 0.588. The fourth-order valence-corrected chi connectivity index (χ4v) is 2.22. The Bertz CT molecular complexity index is 525. The number of benzene rings is 1. The van der Waals surface area contributed by atoms with E-state index in [0.717, 1.165) is 0 Å². The van der Waals surface area contributed by atoms with E-state index in [2.05, 4.69) is 0 Å². The molecule has 2 rings (SSSR count). The molecule has 0 radical (unpaired) electrons. The van der Waals surface area contributed by atoms with Crippen LogP contribution in [0.15, 0.2) is 30.3 Å². The molecule has 1 aliphatic rings. The molecule has 1 heterocycles. The average Bonchev–Trinajstić information content (AvgIpc) is 2.68. The largest absolute Gasteiger partial charge is 0.504 e. The number of rotatable bonds is 4. The molecular weight excluding hydrogens is 279 g/mol. The summed E-state index contributed by atoms with van der Waals surface area (Å²) in [5.41, 5.74) is -1.21. The van der Waals surface area contributed by atoms with Crippen LogP contribution >= 0.6 is 0 Å². The SMILES string of the molecule is CCC(C)(OC(=O)c1ccccc1)B1OC(C)(C)C(C)(C)O1. The predicted molar refractivity (Wildman–Crippen MR) is 86.6 cm³/mol. The molecule has 1 aromatic carbocycles. The van der Waals surface area contributed by atoms with Gasteiger partial charge in [0.05, 0.1) is 16.8 Å². The second-order valence-corrected chi connectivity index (χ2v) is 7.01. The average molecular weight is 304 g/mol. The minimum atomic E-state index is -0.835. The van der Waals surface area contributed by atoms with Crippen LogP contribution in [0.1, 0.15) is 58.3 Å². The molecular formula is C17H25BO4. The topological polar surface area (TPSA) is 44.8 Å². The third-order valence-electron chi connectivity index (χ3n) is 4.79. The van der Waals surface area contributed by atoms with Gasteiger partial charge in [0.1, 0.15) is 5.50 Å². The Labute approximate surface area is 133 Å². The first-order chi connectivity index (χ1) is 10.1. The van der Waals surface area contributed by atoms with Crippen LogP contribution in [0.2, 0.25) is 0 Å². The van der Waals surface area contributed by atoms with Crippen LogP contribution in [0.5, 0.6) is 0 Å². The molecule has 1 fully saturated rings. The Morgan fingerprint density at radius 1 is 1.14 bits per heavy atom. The highest BCUT2D eigenvalue weighted by Gasteiger charge is 2.59. The lowest BCUT2D eigenvalue weighted by Gasteiger charge is -2.32. The molecule has 0 N–H and O–H groups in total. The zero-order valence-corrected chi connectivity index (χ0v) is 14.3. The Morgan fingerprint density at radius 3 is 2.09 bits per heavy atom. The van der Waals surface area contributed by atoms with Gasteiger partial charge in [0.2, 0.25) is 0 Å². The highest BCUT2D eigenvalue weighted by atomic mass is 16.7. The van der Waals surface area contributed by atoms with Gasteiger partial charge in [-0.25, -0.2) is 4.79 Å². The van der Waals surface area contributed by atoms with Crippen LogP contribution in [-0.2, 0) is 14.0 Å². The van der Waals surface area contributed by atoms with Gasteiger partial charge in [-0.15, -0.1) is 0 Å². The van der Waals surface area contributed by atoms with E-state index in [1.807, 2.05) is 59.7 Å². The maximum absolute atomic E-state index is 12.4. The Hall–Kier alpha value is -1.33. The summed E-state index contributed by atoms with van der Waals surface area (Å²) >= 11 is 0. The van der Waals surface area contributed by atoms with Crippen LogP contribution in [0.3, 0.4) is 0 Å². The number of carbonyl (C=O) groups is 1. The van der Waals surface area contributed by atoms with Crippen molar-refractivity contribution in [1.82, 2.24) is 0 Å². The molecule has 1 aromatic rings. The lowest BCUT2D eigenvalue weighted by Crippen LogP contribution is -2.49. The second kappa shape index (κ2) is 5.71. The van der Waals surface area contributed by atoms with Gasteiger partial charge < -0.3 is 14.0 Å². The Morgan fingerprint density at radius 2 is 1.64 bits per heavy atom. The van der Waals surface area contributed by atoms with Crippen molar-refractivity contribution in [2.75, 3.05) is 0 Å².